The van der Waals surface area contributed by atoms with Crippen LogP contribution < -0.4 is 4.90 Å². The zero-order valence-electron chi connectivity index (χ0n) is 21.0. The number of nitrogens with zero attached hydrogens (tertiary/aromatic N) is 4. The molecule has 0 spiro atoms. The van der Waals surface area contributed by atoms with Crippen molar-refractivity contribution in [3.05, 3.63) is 65.1 Å². The minimum atomic E-state index is -3.09. The fraction of sp³-hybridized carbons (Fsp3) is 0.407. The lowest BCUT2D eigenvalue weighted by Gasteiger charge is -2.31. The number of anilines is 1. The van der Waals surface area contributed by atoms with Gasteiger partial charge >= 0.3 is 0 Å². The standard InChI is InChI=1S/C27H27F3N4O3S/c1-15-25(16(2)37-32-15)17-5-6-23-22(12-17)31-27(34(23)18-7-10-38(35,36)11-8-18)24-4-3-9-33(24)19-13-20(28)26(30)21(29)14-19/h5-6,12-14,18,24H,3-4,7-11H2,1-2H3/t24-/m0/s1. The van der Waals surface area contributed by atoms with Crippen LogP contribution >= 0.6 is 0 Å². The van der Waals surface area contributed by atoms with Gasteiger partial charge in [0.2, 0.25) is 0 Å². The summed E-state index contributed by atoms with van der Waals surface area (Å²) >= 11 is 0. The summed E-state index contributed by atoms with van der Waals surface area (Å²) in [5.41, 5.74) is 4.41. The van der Waals surface area contributed by atoms with Crippen LogP contribution in [0.2, 0.25) is 0 Å². The Kier molecular flexibility index (Phi) is 6.01. The predicted molar refractivity (Wildman–Crippen MR) is 137 cm³/mol. The van der Waals surface area contributed by atoms with Crippen molar-refractivity contribution >= 4 is 26.6 Å². The van der Waals surface area contributed by atoms with E-state index in [-0.39, 0.29) is 29.3 Å². The highest BCUT2D eigenvalue weighted by Crippen LogP contribution is 2.41. The third-order valence-corrected chi connectivity index (χ3v) is 9.49. The van der Waals surface area contributed by atoms with Crippen LogP contribution in [0.15, 0.2) is 34.9 Å². The number of benzene rings is 2. The highest BCUT2D eigenvalue weighted by atomic mass is 32.2. The van der Waals surface area contributed by atoms with E-state index in [1.165, 1.54) is 0 Å². The molecule has 2 aliphatic rings. The highest BCUT2D eigenvalue weighted by molar-refractivity contribution is 7.91. The molecule has 11 heteroatoms. The van der Waals surface area contributed by atoms with Crippen molar-refractivity contribution in [2.45, 2.75) is 51.6 Å². The highest BCUT2D eigenvalue weighted by Gasteiger charge is 2.35. The Morgan fingerprint density at radius 2 is 1.71 bits per heavy atom. The Hall–Kier alpha value is -3.34. The molecule has 0 radical (unpaired) electrons. The van der Waals surface area contributed by atoms with Gasteiger partial charge in [0.15, 0.2) is 17.5 Å². The van der Waals surface area contributed by atoms with E-state index in [4.69, 9.17) is 9.51 Å². The second-order valence-electron chi connectivity index (χ2n) is 10.2. The average Bonchev–Trinajstić information content (AvgIpc) is 3.58. The van der Waals surface area contributed by atoms with Crippen molar-refractivity contribution in [1.29, 1.82) is 0 Å². The van der Waals surface area contributed by atoms with Crippen molar-refractivity contribution in [3.8, 4) is 11.1 Å². The van der Waals surface area contributed by atoms with Crippen molar-refractivity contribution in [2.75, 3.05) is 23.0 Å². The Balaban J connectivity index is 1.49. The van der Waals surface area contributed by atoms with Crippen LogP contribution in [-0.4, -0.2) is 41.2 Å². The van der Waals surface area contributed by atoms with Gasteiger partial charge in [-0.05, 0) is 57.2 Å². The molecule has 6 rings (SSSR count). The second-order valence-corrected chi connectivity index (χ2v) is 12.5. The summed E-state index contributed by atoms with van der Waals surface area (Å²) in [6.07, 6.45) is 2.36. The first-order valence-electron chi connectivity index (χ1n) is 12.7. The van der Waals surface area contributed by atoms with Crippen LogP contribution in [0.3, 0.4) is 0 Å². The predicted octanol–water partition coefficient (Wildman–Crippen LogP) is 5.82. The first kappa shape index (κ1) is 25.0. The molecular formula is C27H27F3N4O3S. The molecule has 0 unspecified atom stereocenters. The van der Waals surface area contributed by atoms with Crippen LogP contribution in [0.4, 0.5) is 18.9 Å². The fourth-order valence-corrected chi connectivity index (χ4v) is 7.44. The summed E-state index contributed by atoms with van der Waals surface area (Å²) in [4.78, 5) is 6.89. The van der Waals surface area contributed by atoms with Crippen molar-refractivity contribution in [2.24, 2.45) is 0 Å². The van der Waals surface area contributed by atoms with Gasteiger partial charge in [-0.1, -0.05) is 11.2 Å². The van der Waals surface area contributed by atoms with E-state index in [2.05, 4.69) is 9.72 Å². The quantitative estimate of drug-likeness (QED) is 0.302. The summed E-state index contributed by atoms with van der Waals surface area (Å²) < 4.78 is 73.8. The third-order valence-electron chi connectivity index (χ3n) is 7.78. The largest absolute Gasteiger partial charge is 0.361 e. The number of sulfone groups is 1. The minimum absolute atomic E-state index is 0.0902. The summed E-state index contributed by atoms with van der Waals surface area (Å²) in [5.74, 6) is -2.37. The zero-order valence-corrected chi connectivity index (χ0v) is 21.9. The Morgan fingerprint density at radius 3 is 2.37 bits per heavy atom. The van der Waals surface area contributed by atoms with E-state index in [0.717, 1.165) is 46.4 Å². The van der Waals surface area contributed by atoms with Gasteiger partial charge in [-0.3, -0.25) is 0 Å². The van der Waals surface area contributed by atoms with E-state index in [1.54, 1.807) is 0 Å². The maximum absolute atomic E-state index is 14.1. The number of imidazole rings is 1. The number of hydrogen-bond donors (Lipinski definition) is 0. The van der Waals surface area contributed by atoms with Crippen molar-refractivity contribution in [3.63, 3.8) is 0 Å². The van der Waals surface area contributed by atoms with Crippen LogP contribution in [0.25, 0.3) is 22.2 Å². The topological polar surface area (TPSA) is 81.2 Å². The molecule has 2 aromatic carbocycles. The molecule has 0 saturated carbocycles. The molecule has 7 nitrogen and oxygen atoms in total. The molecule has 2 fully saturated rings. The van der Waals surface area contributed by atoms with Crippen LogP contribution in [0.1, 0.15) is 55.0 Å². The number of fused-ring (bicyclic) bond motifs is 1. The Bertz CT molecular complexity index is 1610. The van der Waals surface area contributed by atoms with Gasteiger partial charge in [-0.25, -0.2) is 26.6 Å². The van der Waals surface area contributed by atoms with E-state index in [0.29, 0.717) is 37.4 Å². The van der Waals surface area contributed by atoms with Crippen LogP contribution in [0.5, 0.6) is 0 Å². The zero-order chi connectivity index (χ0) is 26.8. The van der Waals surface area contributed by atoms with Gasteiger partial charge in [-0.2, -0.15) is 0 Å². The molecule has 4 heterocycles. The first-order chi connectivity index (χ1) is 18.1. The van der Waals surface area contributed by atoms with Crippen molar-refractivity contribution in [1.82, 2.24) is 14.7 Å². The molecule has 200 valence electrons. The maximum atomic E-state index is 14.1. The lowest BCUT2D eigenvalue weighted by atomic mass is 10.0. The Morgan fingerprint density at radius 1 is 1.00 bits per heavy atom. The lowest BCUT2D eigenvalue weighted by Crippen LogP contribution is -2.30. The number of aryl methyl sites for hydroxylation is 2. The van der Waals surface area contributed by atoms with Gasteiger partial charge in [0.05, 0.1) is 34.3 Å². The summed E-state index contributed by atoms with van der Waals surface area (Å²) in [5, 5.41) is 4.06. The smallest absolute Gasteiger partial charge is 0.194 e. The van der Waals surface area contributed by atoms with Gasteiger partial charge in [0.1, 0.15) is 21.4 Å². The molecule has 4 aromatic rings. The van der Waals surface area contributed by atoms with Crippen LogP contribution in [-0.2, 0) is 9.84 Å². The number of rotatable bonds is 4. The second kappa shape index (κ2) is 9.14. The normalized spacial score (nSPS) is 20.0. The maximum Gasteiger partial charge on any atom is 0.194 e. The molecule has 2 saturated heterocycles. The molecular weight excluding hydrogens is 517 g/mol. The summed E-state index contributed by atoms with van der Waals surface area (Å²) in [6.45, 7) is 4.25. The number of aromatic nitrogens is 3. The number of halogens is 3. The van der Waals surface area contributed by atoms with E-state index >= 15 is 0 Å². The van der Waals surface area contributed by atoms with E-state index in [1.807, 2.05) is 36.9 Å². The average molecular weight is 545 g/mol. The third kappa shape index (κ3) is 4.16. The molecule has 1 atom stereocenters. The van der Waals surface area contributed by atoms with Crippen LogP contribution in [0, 0.1) is 31.3 Å². The van der Waals surface area contributed by atoms with Gasteiger partial charge < -0.3 is 14.0 Å². The van der Waals surface area contributed by atoms with Gasteiger partial charge in [-0.15, -0.1) is 0 Å². The molecule has 38 heavy (non-hydrogen) atoms. The van der Waals surface area contributed by atoms with Gasteiger partial charge in [0, 0.05) is 36.0 Å². The van der Waals surface area contributed by atoms with Crippen molar-refractivity contribution < 1.29 is 26.1 Å². The molecule has 0 bridgehead atoms. The first-order valence-corrected chi connectivity index (χ1v) is 14.5. The molecule has 0 amide bonds. The minimum Gasteiger partial charge on any atom is -0.361 e. The van der Waals surface area contributed by atoms with E-state index < -0.39 is 27.3 Å². The molecule has 2 aromatic heterocycles. The molecule has 2 aliphatic heterocycles. The monoisotopic (exact) mass is 544 g/mol. The van der Waals surface area contributed by atoms with Gasteiger partial charge in [0.25, 0.3) is 0 Å². The lowest BCUT2D eigenvalue weighted by molar-refractivity contribution is 0.393. The SMILES string of the molecule is Cc1noc(C)c1-c1ccc2c(c1)nc([C@@H]1CCCN1c1cc(F)c(F)c(F)c1)n2C1CCS(=O)(=O)CC1. The fourth-order valence-electron chi connectivity index (χ4n) is 5.97. The Labute approximate surface area is 218 Å². The molecule has 0 N–H and O–H groups in total. The molecule has 0 aliphatic carbocycles. The summed E-state index contributed by atoms with van der Waals surface area (Å²) in [6, 6.07) is 7.57. The summed E-state index contributed by atoms with van der Waals surface area (Å²) in [7, 11) is -3.09. The van der Waals surface area contributed by atoms with E-state index in [9.17, 15) is 21.6 Å². The number of hydrogen-bond acceptors (Lipinski definition) is 6.